The summed E-state index contributed by atoms with van der Waals surface area (Å²) in [4.78, 5) is 0. The third kappa shape index (κ3) is 9.44. The quantitative estimate of drug-likeness (QED) is 0.195. The Hall–Kier alpha value is -2.22. The summed E-state index contributed by atoms with van der Waals surface area (Å²) in [6.45, 7) is 10.1. The second-order valence-electron chi connectivity index (χ2n) is 8.41. The molecule has 3 radical (unpaired) electrons. The number of hydrogen-bond acceptors (Lipinski definition) is 0. The fourth-order valence-electron chi connectivity index (χ4n) is 4.51. The van der Waals surface area contributed by atoms with E-state index in [0.717, 1.165) is 0 Å². The average Bonchev–Trinajstić information content (AvgIpc) is 3.52. The molecule has 0 bridgehead atoms. The molecule has 0 amide bonds. The van der Waals surface area contributed by atoms with Crippen molar-refractivity contribution >= 4 is 31.8 Å². The molecule has 0 aliphatic carbocycles. The third-order valence-electron chi connectivity index (χ3n) is 5.96. The maximum Gasteiger partial charge on any atom is 4.00 e. The van der Waals surface area contributed by atoms with E-state index >= 15 is 0 Å². The molecule has 0 N–H and O–H groups in total. The molecule has 6 rings (SSSR count). The van der Waals surface area contributed by atoms with Gasteiger partial charge in [-0.1, -0.05) is 118 Å². The molecule has 4 heteroatoms. The summed E-state index contributed by atoms with van der Waals surface area (Å²) in [6, 6.07) is 43.1. The van der Waals surface area contributed by atoms with Gasteiger partial charge in [0, 0.05) is 10.2 Å². The smallest absolute Gasteiger partial charge is 1.00 e. The van der Waals surface area contributed by atoms with E-state index in [1.165, 1.54) is 54.9 Å². The Morgan fingerprint density at radius 2 is 0.821 bits per heavy atom. The van der Waals surface area contributed by atoms with Crippen LogP contribution in [0.3, 0.4) is 0 Å². The van der Waals surface area contributed by atoms with Crippen molar-refractivity contribution in [2.75, 3.05) is 0 Å². The van der Waals surface area contributed by atoms with Gasteiger partial charge in [0.25, 0.3) is 0 Å². The van der Waals surface area contributed by atoms with Crippen LogP contribution in [-0.4, -0.2) is 10.2 Å². The normalized spacial score (nSPS) is 9.18. The van der Waals surface area contributed by atoms with Crippen LogP contribution in [0.5, 0.6) is 0 Å². The Kier molecular flexibility index (Phi) is 17.9. The summed E-state index contributed by atoms with van der Waals surface area (Å²) >= 11 is 0. The summed E-state index contributed by atoms with van der Waals surface area (Å²) in [5.41, 5.74) is 7.89. The van der Waals surface area contributed by atoms with Crippen LogP contribution in [0.25, 0.3) is 43.8 Å². The zero-order valence-electron chi connectivity index (χ0n) is 23.3. The minimum atomic E-state index is 0. The van der Waals surface area contributed by atoms with Gasteiger partial charge in [0.15, 0.2) is 0 Å². The van der Waals surface area contributed by atoms with Crippen molar-refractivity contribution in [1.29, 1.82) is 0 Å². The topological polar surface area (TPSA) is 0 Å². The van der Waals surface area contributed by atoms with Gasteiger partial charge in [0.1, 0.15) is 0 Å². The zero-order chi connectivity index (χ0) is 25.9. The summed E-state index contributed by atoms with van der Waals surface area (Å²) in [5.74, 6) is 0. The molecular formula is C35H35Cl2SiZr. The van der Waals surface area contributed by atoms with Crippen molar-refractivity contribution in [1.82, 2.24) is 0 Å². The summed E-state index contributed by atoms with van der Waals surface area (Å²) in [7, 11) is 2.97. The molecule has 0 aliphatic rings. The summed E-state index contributed by atoms with van der Waals surface area (Å²) in [6.07, 6.45) is 0. The first-order valence-corrected chi connectivity index (χ1v) is 13.6. The minimum Gasteiger partial charge on any atom is -1.00 e. The van der Waals surface area contributed by atoms with Crippen LogP contribution in [0.4, 0.5) is 0 Å². The third-order valence-corrected chi connectivity index (χ3v) is 5.96. The first-order chi connectivity index (χ1) is 17.7. The number of benzene rings is 4. The van der Waals surface area contributed by atoms with E-state index in [2.05, 4.69) is 145 Å². The fourth-order valence-corrected chi connectivity index (χ4v) is 4.51. The predicted octanol–water partition coefficient (Wildman–Crippen LogP) is 4.30. The number of hydrogen-bond donors (Lipinski definition) is 0. The average molecular weight is 646 g/mol. The van der Waals surface area contributed by atoms with E-state index in [-0.39, 0.29) is 51.0 Å². The first-order valence-electron chi connectivity index (χ1n) is 12.6. The number of aryl methyl sites for hydroxylation is 2. The monoisotopic (exact) mass is 643 g/mol. The molecule has 0 aromatic heterocycles. The van der Waals surface area contributed by atoms with E-state index in [1.807, 2.05) is 13.8 Å². The fraction of sp³-hybridized carbons (Fsp3) is 0.143. The van der Waals surface area contributed by atoms with Gasteiger partial charge in [0.05, 0.1) is 0 Å². The first kappa shape index (κ1) is 36.8. The van der Waals surface area contributed by atoms with Crippen molar-refractivity contribution in [2.24, 2.45) is 0 Å². The van der Waals surface area contributed by atoms with Crippen LogP contribution < -0.4 is 24.8 Å². The van der Waals surface area contributed by atoms with Gasteiger partial charge in [-0.3, -0.25) is 0 Å². The van der Waals surface area contributed by atoms with Crippen LogP contribution in [0.2, 0.25) is 6.55 Å². The van der Waals surface area contributed by atoms with Gasteiger partial charge in [-0.05, 0) is 11.1 Å². The zero-order valence-corrected chi connectivity index (χ0v) is 28.3. The van der Waals surface area contributed by atoms with Gasteiger partial charge >= 0.3 is 26.2 Å². The number of rotatable bonds is 2. The molecule has 0 aliphatic heterocycles. The molecule has 39 heavy (non-hydrogen) atoms. The van der Waals surface area contributed by atoms with Crippen molar-refractivity contribution < 1.29 is 51.0 Å². The summed E-state index contributed by atoms with van der Waals surface area (Å²) in [5, 5.41) is 5.37. The maximum atomic E-state index is 2.97. The van der Waals surface area contributed by atoms with E-state index in [0.29, 0.717) is 0 Å². The van der Waals surface area contributed by atoms with Crippen molar-refractivity contribution in [3.05, 3.63) is 132 Å². The second-order valence-corrected chi connectivity index (χ2v) is 8.41. The van der Waals surface area contributed by atoms with E-state index in [9.17, 15) is 0 Å². The molecular weight excluding hydrogens is 611 g/mol. The molecule has 6 aromatic rings. The van der Waals surface area contributed by atoms with Crippen molar-refractivity contribution in [3.63, 3.8) is 0 Å². The van der Waals surface area contributed by atoms with Crippen molar-refractivity contribution in [2.45, 2.75) is 34.2 Å². The van der Waals surface area contributed by atoms with E-state index < -0.39 is 0 Å². The number of halogens is 2. The van der Waals surface area contributed by atoms with Gasteiger partial charge in [-0.15, -0.1) is 69.1 Å². The molecule has 0 spiro atoms. The largest absolute Gasteiger partial charge is 4.00 e. The van der Waals surface area contributed by atoms with Gasteiger partial charge in [-0.2, -0.15) is 12.1 Å². The molecule has 197 valence electrons. The molecule has 0 unspecified atom stereocenters. The van der Waals surface area contributed by atoms with Gasteiger partial charge < -0.3 is 24.8 Å². The molecule has 0 heterocycles. The van der Waals surface area contributed by atoms with Crippen LogP contribution in [0.1, 0.15) is 25.0 Å². The van der Waals surface area contributed by atoms with Crippen LogP contribution in [0, 0.1) is 13.8 Å². The molecule has 0 fully saturated rings. The SMILES string of the molecule is CC.C[Si].Cc1cc2c(-c3ccccc3)cccc2[cH-]1.Cc1cc2c(-c3ccccc3)cccc2[cH-]1.[Cl-].[Cl-].[Zr+4]. The Balaban J connectivity index is 0.000000615. The second kappa shape index (κ2) is 19.0. The maximum absolute atomic E-state index is 2.97. The van der Waals surface area contributed by atoms with Crippen LogP contribution >= 0.6 is 0 Å². The molecule has 0 atom stereocenters. The Bertz CT molecular complexity index is 1370. The molecule has 0 saturated carbocycles. The molecule has 6 aromatic carbocycles. The minimum absolute atomic E-state index is 0. The Morgan fingerprint density at radius 1 is 0.487 bits per heavy atom. The van der Waals surface area contributed by atoms with Gasteiger partial charge in [0.2, 0.25) is 0 Å². The molecule has 0 saturated heterocycles. The van der Waals surface area contributed by atoms with E-state index in [4.69, 9.17) is 0 Å². The Labute approximate surface area is 270 Å². The predicted molar refractivity (Wildman–Crippen MR) is 162 cm³/mol. The Morgan fingerprint density at radius 3 is 1.15 bits per heavy atom. The molecule has 0 nitrogen and oxygen atoms in total. The van der Waals surface area contributed by atoms with Gasteiger partial charge in [-0.25, -0.2) is 0 Å². The standard InChI is InChI=1S/2C16H13.C2H6.CH3Si.2ClH.Zr/c2*1-12-10-14-8-5-9-15(16(14)11-12)13-6-3-2-4-7-13;2*1-2;;;/h2*2-11H,1H3;1-2H3;1H3;2*1H;/q2*-1;;;;;+4/p-2. The van der Waals surface area contributed by atoms with Crippen LogP contribution in [0.15, 0.2) is 121 Å². The van der Waals surface area contributed by atoms with Crippen molar-refractivity contribution in [3.8, 4) is 22.3 Å². The van der Waals surface area contributed by atoms with E-state index in [1.54, 1.807) is 6.55 Å². The summed E-state index contributed by atoms with van der Waals surface area (Å²) < 4.78 is 0. The van der Waals surface area contributed by atoms with Crippen LogP contribution in [-0.2, 0) is 26.2 Å². The number of fused-ring (bicyclic) bond motifs is 2.